The zero-order valence-corrected chi connectivity index (χ0v) is 14.6. The highest BCUT2D eigenvalue weighted by Crippen LogP contribution is 2.40. The summed E-state index contributed by atoms with van der Waals surface area (Å²) in [7, 11) is 6.31. The zero-order valence-electron chi connectivity index (χ0n) is 13.8. The van der Waals surface area contributed by atoms with Gasteiger partial charge in [0.25, 0.3) is 5.91 Å². The van der Waals surface area contributed by atoms with E-state index in [1.165, 1.54) is 26.2 Å². The largest absolute Gasteiger partial charge is 0.493 e. The van der Waals surface area contributed by atoms with Gasteiger partial charge in [0.05, 0.1) is 33.6 Å². The van der Waals surface area contributed by atoms with Crippen LogP contribution >= 0.6 is 12.4 Å². The molecule has 23 heavy (non-hydrogen) atoms. The van der Waals surface area contributed by atoms with E-state index < -0.39 is 6.10 Å². The summed E-state index contributed by atoms with van der Waals surface area (Å²) < 4.78 is 21.4. The van der Waals surface area contributed by atoms with E-state index in [-0.39, 0.29) is 18.3 Å². The number of ether oxygens (including phenoxy) is 4. The van der Waals surface area contributed by atoms with Crippen LogP contribution in [0.5, 0.6) is 17.2 Å². The number of carbonyl (C=O) groups is 1. The molecule has 1 fully saturated rings. The number of nitrogens with zero attached hydrogens (tertiary/aromatic N) is 1. The smallest absolute Gasteiger partial charge is 0.257 e. The number of hydrogen-bond acceptors (Lipinski definition) is 6. The lowest BCUT2D eigenvalue weighted by Crippen LogP contribution is -2.48. The Morgan fingerprint density at radius 3 is 2.26 bits per heavy atom. The van der Waals surface area contributed by atoms with Crippen LogP contribution in [0.25, 0.3) is 0 Å². The third-order valence-corrected chi connectivity index (χ3v) is 3.57. The standard InChI is InChI=1S/C15H22N2O5.ClH/c1-17(15(18)13-9-16-5-6-22-13)10-7-11(19-2)14(21-4)12(8-10)20-3;/h7-8,13,16H,5-6,9H2,1-4H3;1H. The van der Waals surface area contributed by atoms with Crippen LogP contribution in [0.3, 0.4) is 0 Å². The van der Waals surface area contributed by atoms with E-state index in [9.17, 15) is 4.79 Å². The highest BCUT2D eigenvalue weighted by molar-refractivity contribution is 5.97. The van der Waals surface area contributed by atoms with Crippen LogP contribution in [0.2, 0.25) is 0 Å². The van der Waals surface area contributed by atoms with Crippen LogP contribution < -0.4 is 24.4 Å². The molecule has 130 valence electrons. The highest BCUT2D eigenvalue weighted by atomic mass is 35.5. The second-order valence-electron chi connectivity index (χ2n) is 4.84. The lowest BCUT2D eigenvalue weighted by atomic mass is 10.2. The van der Waals surface area contributed by atoms with E-state index in [2.05, 4.69) is 5.32 Å². The molecule has 2 rings (SSSR count). The molecule has 0 aromatic heterocycles. The Morgan fingerprint density at radius 2 is 1.83 bits per heavy atom. The van der Waals surface area contributed by atoms with Crippen molar-refractivity contribution in [2.45, 2.75) is 6.10 Å². The maximum absolute atomic E-state index is 12.5. The fourth-order valence-electron chi connectivity index (χ4n) is 2.33. The quantitative estimate of drug-likeness (QED) is 0.860. The molecule has 1 amide bonds. The summed E-state index contributed by atoms with van der Waals surface area (Å²) in [6.07, 6.45) is -0.488. The molecule has 0 saturated carbocycles. The normalized spacial score (nSPS) is 17.0. The summed E-state index contributed by atoms with van der Waals surface area (Å²) in [6.45, 7) is 1.80. The van der Waals surface area contributed by atoms with Crippen molar-refractivity contribution < 1.29 is 23.7 Å². The second-order valence-corrected chi connectivity index (χ2v) is 4.84. The molecule has 1 saturated heterocycles. The average Bonchev–Trinajstić information content (AvgIpc) is 2.59. The summed E-state index contributed by atoms with van der Waals surface area (Å²) >= 11 is 0. The van der Waals surface area contributed by atoms with Crippen LogP contribution in [0.15, 0.2) is 12.1 Å². The fourth-order valence-corrected chi connectivity index (χ4v) is 2.33. The number of amides is 1. The molecule has 1 unspecified atom stereocenters. The minimum absolute atomic E-state index is 0. The van der Waals surface area contributed by atoms with Crippen molar-refractivity contribution in [2.75, 3.05) is 53.0 Å². The lowest BCUT2D eigenvalue weighted by molar-refractivity contribution is -0.131. The molecule has 1 heterocycles. The number of carbonyl (C=O) groups excluding carboxylic acids is 1. The molecule has 0 radical (unpaired) electrons. The van der Waals surface area contributed by atoms with Crippen molar-refractivity contribution in [3.05, 3.63) is 12.1 Å². The number of morpholine rings is 1. The maximum Gasteiger partial charge on any atom is 0.257 e. The summed E-state index contributed by atoms with van der Waals surface area (Å²) in [5, 5.41) is 3.14. The summed E-state index contributed by atoms with van der Waals surface area (Å²) in [6, 6.07) is 3.46. The van der Waals surface area contributed by atoms with Crippen molar-refractivity contribution in [1.29, 1.82) is 0 Å². The van der Waals surface area contributed by atoms with Gasteiger partial charge in [-0.05, 0) is 0 Å². The number of rotatable bonds is 5. The number of hydrogen-bond donors (Lipinski definition) is 1. The van der Waals surface area contributed by atoms with Gasteiger partial charge in [0.1, 0.15) is 6.10 Å². The molecular formula is C15H23ClN2O5. The predicted molar refractivity (Wildman–Crippen MR) is 89.4 cm³/mol. The summed E-state index contributed by atoms with van der Waals surface area (Å²) in [5.41, 5.74) is 0.647. The van der Waals surface area contributed by atoms with Crippen molar-refractivity contribution in [1.82, 2.24) is 5.32 Å². The molecule has 1 N–H and O–H groups in total. The molecule has 8 heteroatoms. The third kappa shape index (κ3) is 4.19. The third-order valence-electron chi connectivity index (χ3n) is 3.57. The van der Waals surface area contributed by atoms with Gasteiger partial charge in [0.15, 0.2) is 11.5 Å². The van der Waals surface area contributed by atoms with Gasteiger partial charge in [-0.1, -0.05) is 0 Å². The van der Waals surface area contributed by atoms with Gasteiger partial charge in [-0.15, -0.1) is 12.4 Å². The number of nitrogens with one attached hydrogen (secondary N) is 1. The minimum Gasteiger partial charge on any atom is -0.493 e. The Hall–Kier alpha value is -1.70. The van der Waals surface area contributed by atoms with E-state index in [1.54, 1.807) is 19.2 Å². The number of methoxy groups -OCH3 is 3. The van der Waals surface area contributed by atoms with Gasteiger partial charge in [-0.25, -0.2) is 0 Å². The molecule has 1 aliphatic heterocycles. The van der Waals surface area contributed by atoms with Crippen molar-refractivity contribution in [3.8, 4) is 17.2 Å². The maximum atomic E-state index is 12.5. The van der Waals surface area contributed by atoms with E-state index in [0.29, 0.717) is 36.1 Å². The molecule has 0 bridgehead atoms. The average molecular weight is 347 g/mol. The summed E-state index contributed by atoms with van der Waals surface area (Å²) in [4.78, 5) is 14.0. The zero-order chi connectivity index (χ0) is 16.1. The lowest BCUT2D eigenvalue weighted by Gasteiger charge is -2.28. The van der Waals surface area contributed by atoms with Crippen molar-refractivity contribution >= 4 is 24.0 Å². The number of anilines is 1. The van der Waals surface area contributed by atoms with E-state index in [0.717, 1.165) is 6.54 Å². The highest BCUT2D eigenvalue weighted by Gasteiger charge is 2.27. The first-order valence-corrected chi connectivity index (χ1v) is 7.02. The van der Waals surface area contributed by atoms with E-state index in [1.807, 2.05) is 0 Å². The van der Waals surface area contributed by atoms with Gasteiger partial charge in [-0.2, -0.15) is 0 Å². The Bertz CT molecular complexity index is 510. The number of likely N-dealkylation sites (N-methyl/N-ethyl adjacent to an activating group) is 1. The molecule has 0 spiro atoms. The van der Waals surface area contributed by atoms with Crippen LogP contribution in [0.4, 0.5) is 5.69 Å². The SMILES string of the molecule is COc1cc(N(C)C(=O)C2CNCCO2)cc(OC)c1OC.Cl. The molecule has 1 atom stereocenters. The fraction of sp³-hybridized carbons (Fsp3) is 0.533. The molecule has 1 aromatic rings. The molecule has 7 nitrogen and oxygen atoms in total. The molecule has 1 aromatic carbocycles. The molecule has 0 aliphatic carbocycles. The van der Waals surface area contributed by atoms with Crippen molar-refractivity contribution in [2.24, 2.45) is 0 Å². The Balaban J connectivity index is 0.00000264. The van der Waals surface area contributed by atoms with E-state index >= 15 is 0 Å². The minimum atomic E-state index is -0.488. The Labute approximate surface area is 142 Å². The van der Waals surface area contributed by atoms with Crippen LogP contribution in [0.1, 0.15) is 0 Å². The predicted octanol–water partition coefficient (Wildman–Crippen LogP) is 1.09. The topological polar surface area (TPSA) is 69.3 Å². The number of halogens is 1. The Kier molecular flexibility index (Phi) is 7.41. The van der Waals surface area contributed by atoms with Crippen LogP contribution in [0, 0.1) is 0 Å². The monoisotopic (exact) mass is 346 g/mol. The van der Waals surface area contributed by atoms with Gasteiger partial charge in [0.2, 0.25) is 5.75 Å². The second kappa shape index (κ2) is 8.81. The van der Waals surface area contributed by atoms with Gasteiger partial charge in [-0.3, -0.25) is 4.79 Å². The summed E-state index contributed by atoms with van der Waals surface area (Å²) in [5.74, 6) is 1.37. The first-order chi connectivity index (χ1) is 10.6. The molecule has 1 aliphatic rings. The van der Waals surface area contributed by atoms with Gasteiger partial charge in [0, 0.05) is 32.3 Å². The van der Waals surface area contributed by atoms with Gasteiger partial charge >= 0.3 is 0 Å². The van der Waals surface area contributed by atoms with E-state index in [4.69, 9.17) is 18.9 Å². The van der Waals surface area contributed by atoms with Gasteiger partial charge < -0.3 is 29.2 Å². The van der Waals surface area contributed by atoms with Crippen molar-refractivity contribution in [3.63, 3.8) is 0 Å². The van der Waals surface area contributed by atoms with Crippen LogP contribution in [-0.2, 0) is 9.53 Å². The first kappa shape index (κ1) is 19.3. The first-order valence-electron chi connectivity index (χ1n) is 7.02. The molecular weight excluding hydrogens is 324 g/mol. The Morgan fingerprint density at radius 1 is 1.22 bits per heavy atom. The number of benzene rings is 1. The van der Waals surface area contributed by atoms with Crippen LogP contribution in [-0.4, -0.2) is 60.1 Å².